The van der Waals surface area contributed by atoms with Gasteiger partial charge in [0.2, 0.25) is 10.0 Å². The van der Waals surface area contributed by atoms with E-state index in [1.807, 2.05) is 36.4 Å². The molecule has 112 valence electrons. The predicted molar refractivity (Wildman–Crippen MR) is 86.0 cm³/mol. The van der Waals surface area contributed by atoms with Gasteiger partial charge in [-0.25, -0.2) is 13.1 Å². The van der Waals surface area contributed by atoms with E-state index in [1.165, 1.54) is 0 Å². The highest BCUT2D eigenvalue weighted by Crippen LogP contribution is 2.20. The van der Waals surface area contributed by atoms with E-state index in [4.69, 9.17) is 4.74 Å². The summed E-state index contributed by atoms with van der Waals surface area (Å²) in [6.07, 6.45) is 0. The maximum atomic E-state index is 12.2. The van der Waals surface area contributed by atoms with Crippen LogP contribution in [0.3, 0.4) is 0 Å². The summed E-state index contributed by atoms with van der Waals surface area (Å²) < 4.78 is 33.2. The highest BCUT2D eigenvalue weighted by atomic mass is 79.9. The number of nitrogens with one attached hydrogen (secondary N) is 1. The number of aryl methyl sites for hydroxylation is 1. The number of ether oxygens (including phenoxy) is 1. The molecule has 0 amide bonds. The van der Waals surface area contributed by atoms with Crippen LogP contribution in [-0.2, 0) is 10.0 Å². The minimum atomic E-state index is -3.53. The number of sulfonamides is 1. The highest BCUT2D eigenvalue weighted by molar-refractivity contribution is 9.10. The lowest BCUT2D eigenvalue weighted by Crippen LogP contribution is -2.28. The Balaban J connectivity index is 1.94. The number of hydrogen-bond acceptors (Lipinski definition) is 3. The molecule has 0 saturated carbocycles. The summed E-state index contributed by atoms with van der Waals surface area (Å²) in [5.41, 5.74) is 0.703. The average molecular weight is 370 g/mol. The van der Waals surface area contributed by atoms with Gasteiger partial charge in [-0.3, -0.25) is 0 Å². The molecule has 0 saturated heterocycles. The van der Waals surface area contributed by atoms with Gasteiger partial charge in [-0.15, -0.1) is 0 Å². The monoisotopic (exact) mass is 369 g/mol. The van der Waals surface area contributed by atoms with Crippen LogP contribution >= 0.6 is 15.9 Å². The number of hydrogen-bond donors (Lipinski definition) is 1. The van der Waals surface area contributed by atoms with Crippen molar-refractivity contribution in [3.63, 3.8) is 0 Å². The lowest BCUT2D eigenvalue weighted by atomic mass is 10.2. The Bertz CT molecular complexity index is 702. The van der Waals surface area contributed by atoms with Crippen molar-refractivity contribution in [2.24, 2.45) is 0 Å². The van der Waals surface area contributed by atoms with E-state index in [-0.39, 0.29) is 18.0 Å². The highest BCUT2D eigenvalue weighted by Gasteiger charge is 2.16. The third-order valence-corrected chi connectivity index (χ3v) is 4.94. The maximum Gasteiger partial charge on any atom is 0.240 e. The summed E-state index contributed by atoms with van der Waals surface area (Å²) in [6, 6.07) is 14.4. The van der Waals surface area contributed by atoms with Crippen LogP contribution in [0.4, 0.5) is 0 Å². The molecule has 2 aromatic carbocycles. The van der Waals surface area contributed by atoms with Crippen LogP contribution in [0.5, 0.6) is 5.75 Å². The number of benzene rings is 2. The van der Waals surface area contributed by atoms with Crippen molar-refractivity contribution < 1.29 is 13.2 Å². The molecular weight excluding hydrogens is 354 g/mol. The average Bonchev–Trinajstić information content (AvgIpc) is 2.47. The Labute approximate surface area is 133 Å². The second kappa shape index (κ2) is 7.06. The largest absolute Gasteiger partial charge is 0.492 e. The molecule has 0 unspecified atom stereocenters. The molecule has 4 nitrogen and oxygen atoms in total. The molecular formula is C15H16BrNO3S. The van der Waals surface area contributed by atoms with Crippen LogP contribution in [0.15, 0.2) is 57.9 Å². The molecule has 0 aliphatic carbocycles. The van der Waals surface area contributed by atoms with Crippen molar-refractivity contribution in [3.05, 3.63) is 58.6 Å². The van der Waals surface area contributed by atoms with Gasteiger partial charge < -0.3 is 4.74 Å². The molecule has 0 aromatic heterocycles. The van der Waals surface area contributed by atoms with Gasteiger partial charge in [0.15, 0.2) is 0 Å². The molecule has 0 heterocycles. The van der Waals surface area contributed by atoms with Gasteiger partial charge in [0.05, 0.1) is 4.90 Å². The zero-order valence-corrected chi connectivity index (χ0v) is 13.9. The lowest BCUT2D eigenvalue weighted by Gasteiger charge is -2.10. The van der Waals surface area contributed by atoms with Crippen molar-refractivity contribution in [3.8, 4) is 5.75 Å². The fraction of sp³-hybridized carbons (Fsp3) is 0.200. The standard InChI is InChI=1S/C15H16BrNO3S/c1-12-7-8-13(16)11-15(12)21(18,19)17-9-10-20-14-5-3-2-4-6-14/h2-8,11,17H,9-10H2,1H3. The summed E-state index contributed by atoms with van der Waals surface area (Å²) >= 11 is 3.28. The van der Waals surface area contributed by atoms with Crippen LogP contribution in [0.25, 0.3) is 0 Å². The van der Waals surface area contributed by atoms with Gasteiger partial charge in [-0.1, -0.05) is 40.2 Å². The molecule has 0 atom stereocenters. The van der Waals surface area contributed by atoms with E-state index in [0.29, 0.717) is 5.56 Å². The van der Waals surface area contributed by atoms with E-state index in [2.05, 4.69) is 20.7 Å². The quantitative estimate of drug-likeness (QED) is 0.795. The third-order valence-electron chi connectivity index (χ3n) is 2.85. The Morgan fingerprint density at radius 3 is 2.57 bits per heavy atom. The molecule has 1 N–H and O–H groups in total. The van der Waals surface area contributed by atoms with Crippen LogP contribution < -0.4 is 9.46 Å². The lowest BCUT2D eigenvalue weighted by molar-refractivity contribution is 0.323. The first kappa shape index (κ1) is 16.0. The minimum Gasteiger partial charge on any atom is -0.492 e. The first-order valence-electron chi connectivity index (χ1n) is 6.43. The zero-order valence-electron chi connectivity index (χ0n) is 11.5. The Kier molecular flexibility index (Phi) is 5.39. The van der Waals surface area contributed by atoms with Crippen LogP contribution in [0.2, 0.25) is 0 Å². The van der Waals surface area contributed by atoms with Gasteiger partial charge in [-0.2, -0.15) is 0 Å². The van der Waals surface area contributed by atoms with Crippen molar-refractivity contribution >= 4 is 26.0 Å². The van der Waals surface area contributed by atoms with Crippen molar-refractivity contribution in [2.75, 3.05) is 13.2 Å². The molecule has 0 fully saturated rings. The van der Waals surface area contributed by atoms with E-state index in [1.54, 1.807) is 19.1 Å². The first-order valence-corrected chi connectivity index (χ1v) is 8.70. The van der Waals surface area contributed by atoms with E-state index >= 15 is 0 Å². The SMILES string of the molecule is Cc1ccc(Br)cc1S(=O)(=O)NCCOc1ccccc1. The van der Waals surface area contributed by atoms with Crippen molar-refractivity contribution in [1.82, 2.24) is 4.72 Å². The third kappa shape index (κ3) is 4.56. The van der Waals surface area contributed by atoms with Crippen molar-refractivity contribution in [1.29, 1.82) is 0 Å². The van der Waals surface area contributed by atoms with Crippen LogP contribution in [0.1, 0.15) is 5.56 Å². The smallest absolute Gasteiger partial charge is 0.240 e. The Morgan fingerprint density at radius 2 is 1.86 bits per heavy atom. The van der Waals surface area contributed by atoms with Gasteiger partial charge >= 0.3 is 0 Å². The first-order chi connectivity index (χ1) is 9.99. The fourth-order valence-electron chi connectivity index (χ4n) is 1.80. The Morgan fingerprint density at radius 1 is 1.14 bits per heavy atom. The molecule has 2 rings (SSSR count). The summed E-state index contributed by atoms with van der Waals surface area (Å²) in [5, 5.41) is 0. The van der Waals surface area contributed by atoms with Gasteiger partial charge in [-0.05, 0) is 36.8 Å². The molecule has 0 bridgehead atoms. The van der Waals surface area contributed by atoms with Crippen LogP contribution in [-0.4, -0.2) is 21.6 Å². The topological polar surface area (TPSA) is 55.4 Å². The zero-order chi connectivity index (χ0) is 15.3. The molecule has 2 aromatic rings. The van der Waals surface area contributed by atoms with Crippen molar-refractivity contribution in [2.45, 2.75) is 11.8 Å². The summed E-state index contributed by atoms with van der Waals surface area (Å²) in [4.78, 5) is 0.275. The van der Waals surface area contributed by atoms with Gasteiger partial charge in [0.1, 0.15) is 12.4 Å². The molecule has 6 heteroatoms. The fourth-order valence-corrected chi connectivity index (χ4v) is 3.60. The molecule has 0 radical (unpaired) electrons. The van der Waals surface area contributed by atoms with Gasteiger partial charge in [0.25, 0.3) is 0 Å². The van der Waals surface area contributed by atoms with E-state index in [9.17, 15) is 8.42 Å². The van der Waals surface area contributed by atoms with E-state index < -0.39 is 10.0 Å². The van der Waals surface area contributed by atoms with E-state index in [0.717, 1.165) is 10.2 Å². The molecule has 0 aliphatic rings. The second-order valence-electron chi connectivity index (χ2n) is 4.47. The van der Waals surface area contributed by atoms with Gasteiger partial charge in [0, 0.05) is 11.0 Å². The molecule has 0 spiro atoms. The maximum absolute atomic E-state index is 12.2. The molecule has 21 heavy (non-hydrogen) atoms. The second-order valence-corrected chi connectivity index (χ2v) is 7.12. The summed E-state index contributed by atoms with van der Waals surface area (Å²) in [6.45, 7) is 2.25. The number of halogens is 1. The summed E-state index contributed by atoms with van der Waals surface area (Å²) in [7, 11) is -3.53. The number of rotatable bonds is 6. The number of para-hydroxylation sites is 1. The van der Waals surface area contributed by atoms with Crippen LogP contribution in [0, 0.1) is 6.92 Å². The predicted octanol–water partition coefficient (Wildman–Crippen LogP) is 3.11. The summed E-state index contributed by atoms with van der Waals surface area (Å²) in [5.74, 6) is 0.718. The minimum absolute atomic E-state index is 0.211. The molecule has 0 aliphatic heterocycles. The Hall–Kier alpha value is -1.37. The normalized spacial score (nSPS) is 11.3.